The Balaban J connectivity index is 0.00000338. The molecular formula is C16H25IN4O2S3. The fourth-order valence-electron chi connectivity index (χ4n) is 2.13. The van der Waals surface area contributed by atoms with Gasteiger partial charge in [-0.25, -0.2) is 13.1 Å². The maximum atomic E-state index is 12.0. The summed E-state index contributed by atoms with van der Waals surface area (Å²) in [6.45, 7) is 5.82. The average molecular weight is 529 g/mol. The first kappa shape index (κ1) is 23.3. The first-order chi connectivity index (χ1) is 11.8. The molecule has 0 fully saturated rings. The third kappa shape index (κ3) is 6.80. The molecule has 0 spiro atoms. The molecule has 146 valence electrons. The van der Waals surface area contributed by atoms with Gasteiger partial charge >= 0.3 is 0 Å². The van der Waals surface area contributed by atoms with Gasteiger partial charge in [0, 0.05) is 37.0 Å². The second kappa shape index (κ2) is 10.6. The Labute approximate surface area is 180 Å². The topological polar surface area (TPSA) is 82.6 Å². The lowest BCUT2D eigenvalue weighted by Gasteiger charge is -2.25. The van der Waals surface area contributed by atoms with Crippen molar-refractivity contribution in [3.05, 3.63) is 39.9 Å². The molecule has 3 N–H and O–H groups in total. The fourth-order valence-corrected chi connectivity index (χ4v) is 5.05. The summed E-state index contributed by atoms with van der Waals surface area (Å²) in [4.78, 5) is 5.48. The number of halogens is 1. The molecule has 2 heterocycles. The summed E-state index contributed by atoms with van der Waals surface area (Å²) in [6.07, 6.45) is 0. The summed E-state index contributed by atoms with van der Waals surface area (Å²) in [7, 11) is -1.72. The number of guanidine groups is 1. The highest BCUT2D eigenvalue weighted by atomic mass is 127. The fraction of sp³-hybridized carbons (Fsp3) is 0.438. The van der Waals surface area contributed by atoms with Crippen LogP contribution in [0.25, 0.3) is 0 Å². The van der Waals surface area contributed by atoms with Gasteiger partial charge in [-0.3, -0.25) is 4.99 Å². The molecule has 0 aliphatic heterocycles. The summed E-state index contributed by atoms with van der Waals surface area (Å²) in [5.74, 6) is 0.653. The van der Waals surface area contributed by atoms with Crippen molar-refractivity contribution in [3.8, 4) is 0 Å². The number of sulfonamides is 1. The Morgan fingerprint density at radius 2 is 1.81 bits per heavy atom. The third-order valence-corrected chi connectivity index (χ3v) is 7.67. The Hall–Kier alpha value is -0.690. The van der Waals surface area contributed by atoms with Crippen LogP contribution in [0.15, 0.2) is 44.2 Å². The number of thiophene rings is 2. The number of nitrogens with zero attached hydrogens (tertiary/aromatic N) is 1. The first-order valence-electron chi connectivity index (χ1n) is 7.87. The summed E-state index contributed by atoms with van der Waals surface area (Å²) in [5, 5.41) is 10.2. The second-order valence-electron chi connectivity index (χ2n) is 6.04. The van der Waals surface area contributed by atoms with Crippen LogP contribution in [0, 0.1) is 0 Å². The van der Waals surface area contributed by atoms with E-state index in [0.717, 1.165) is 6.54 Å². The lowest BCUT2D eigenvalue weighted by molar-refractivity contribution is 0.518. The molecule has 2 aromatic rings. The molecule has 0 aromatic carbocycles. The molecule has 0 saturated carbocycles. The highest BCUT2D eigenvalue weighted by Gasteiger charge is 2.22. The Bertz CT molecular complexity index is 773. The van der Waals surface area contributed by atoms with Gasteiger partial charge < -0.3 is 10.6 Å². The van der Waals surface area contributed by atoms with Gasteiger partial charge in [0.2, 0.25) is 10.0 Å². The largest absolute Gasteiger partial charge is 0.356 e. The van der Waals surface area contributed by atoms with Crippen LogP contribution in [0.4, 0.5) is 0 Å². The Kier molecular flexibility index (Phi) is 9.51. The minimum absolute atomic E-state index is 0. The Morgan fingerprint density at radius 1 is 1.12 bits per heavy atom. The van der Waals surface area contributed by atoms with E-state index >= 15 is 0 Å². The van der Waals surface area contributed by atoms with E-state index in [2.05, 4.69) is 51.7 Å². The maximum Gasteiger partial charge on any atom is 0.250 e. The van der Waals surface area contributed by atoms with Crippen LogP contribution in [-0.2, 0) is 15.4 Å². The van der Waals surface area contributed by atoms with Crippen LogP contribution in [0.2, 0.25) is 0 Å². The normalized spacial score (nSPS) is 12.5. The zero-order chi connectivity index (χ0) is 18.3. The standard InChI is InChI=1S/C16H24N4O2S3.HI/c1-16(2,13-6-4-10-23-13)12-19-15(17-3)18-8-9-20-25(21,22)14-7-5-11-24-14;/h4-7,10-11,20H,8-9,12H2,1-3H3,(H2,17,18,19);1H. The van der Waals surface area contributed by atoms with Gasteiger partial charge in [0.25, 0.3) is 0 Å². The van der Waals surface area contributed by atoms with Gasteiger partial charge in [-0.15, -0.1) is 46.7 Å². The summed E-state index contributed by atoms with van der Waals surface area (Å²) >= 11 is 2.94. The molecule has 0 saturated heterocycles. The van der Waals surface area contributed by atoms with E-state index < -0.39 is 10.0 Å². The zero-order valence-electron chi connectivity index (χ0n) is 15.0. The van der Waals surface area contributed by atoms with Crippen LogP contribution in [0.3, 0.4) is 0 Å². The van der Waals surface area contributed by atoms with E-state index in [1.807, 2.05) is 0 Å². The van der Waals surface area contributed by atoms with Crippen molar-refractivity contribution in [2.45, 2.75) is 23.5 Å². The van der Waals surface area contributed by atoms with Crippen LogP contribution >= 0.6 is 46.7 Å². The van der Waals surface area contributed by atoms with Gasteiger partial charge in [-0.2, -0.15) is 0 Å². The quantitative estimate of drug-likeness (QED) is 0.213. The lowest BCUT2D eigenvalue weighted by atomic mass is 9.91. The molecule has 0 radical (unpaired) electrons. The molecular weight excluding hydrogens is 503 g/mol. The maximum absolute atomic E-state index is 12.0. The van der Waals surface area contributed by atoms with Crippen LogP contribution in [-0.4, -0.2) is 41.1 Å². The van der Waals surface area contributed by atoms with Crippen molar-refractivity contribution >= 4 is 62.6 Å². The molecule has 0 aliphatic rings. The average Bonchev–Trinajstić information content (AvgIpc) is 3.27. The molecule has 2 rings (SSSR count). The molecule has 0 bridgehead atoms. The first-order valence-corrected chi connectivity index (χ1v) is 11.1. The lowest BCUT2D eigenvalue weighted by Crippen LogP contribution is -2.45. The molecule has 0 atom stereocenters. The molecule has 0 amide bonds. The molecule has 26 heavy (non-hydrogen) atoms. The van der Waals surface area contributed by atoms with Crippen LogP contribution in [0.1, 0.15) is 18.7 Å². The number of nitrogens with one attached hydrogen (secondary N) is 3. The van der Waals surface area contributed by atoms with Crippen molar-refractivity contribution in [1.82, 2.24) is 15.4 Å². The van der Waals surface area contributed by atoms with E-state index in [0.29, 0.717) is 16.7 Å². The molecule has 0 unspecified atom stereocenters. The zero-order valence-corrected chi connectivity index (χ0v) is 19.8. The highest BCUT2D eigenvalue weighted by molar-refractivity contribution is 14.0. The van der Waals surface area contributed by atoms with E-state index in [-0.39, 0.29) is 35.9 Å². The van der Waals surface area contributed by atoms with Gasteiger partial charge in [0.1, 0.15) is 4.21 Å². The monoisotopic (exact) mass is 528 g/mol. The van der Waals surface area contributed by atoms with Crippen molar-refractivity contribution < 1.29 is 8.42 Å². The predicted octanol–water partition coefficient (Wildman–Crippen LogP) is 2.85. The number of hydrogen-bond donors (Lipinski definition) is 3. The SMILES string of the molecule is CN=C(NCCNS(=O)(=O)c1cccs1)NCC(C)(C)c1cccs1.I. The molecule has 10 heteroatoms. The minimum Gasteiger partial charge on any atom is -0.356 e. The van der Waals surface area contributed by atoms with Crippen molar-refractivity contribution in [2.24, 2.45) is 4.99 Å². The summed E-state index contributed by atoms with van der Waals surface area (Å²) < 4.78 is 26.9. The van der Waals surface area contributed by atoms with E-state index in [9.17, 15) is 8.42 Å². The number of rotatable bonds is 8. The van der Waals surface area contributed by atoms with Gasteiger partial charge in [-0.05, 0) is 22.9 Å². The van der Waals surface area contributed by atoms with E-state index in [1.54, 1.807) is 35.9 Å². The van der Waals surface area contributed by atoms with Gasteiger partial charge in [0.05, 0.1) is 0 Å². The smallest absolute Gasteiger partial charge is 0.250 e. The van der Waals surface area contributed by atoms with Gasteiger partial charge in [0.15, 0.2) is 5.96 Å². The molecule has 0 aliphatic carbocycles. The van der Waals surface area contributed by atoms with Gasteiger partial charge in [-0.1, -0.05) is 26.0 Å². The molecule has 2 aromatic heterocycles. The Morgan fingerprint density at radius 3 is 2.38 bits per heavy atom. The van der Waals surface area contributed by atoms with E-state index in [1.165, 1.54) is 16.2 Å². The van der Waals surface area contributed by atoms with Crippen molar-refractivity contribution in [3.63, 3.8) is 0 Å². The third-order valence-electron chi connectivity index (χ3n) is 3.58. The predicted molar refractivity (Wildman–Crippen MR) is 122 cm³/mol. The highest BCUT2D eigenvalue weighted by Crippen LogP contribution is 2.26. The summed E-state index contributed by atoms with van der Waals surface area (Å²) in [5.41, 5.74) is -0.00739. The van der Waals surface area contributed by atoms with Crippen molar-refractivity contribution in [1.29, 1.82) is 0 Å². The number of aliphatic imine (C=N–C) groups is 1. The second-order valence-corrected chi connectivity index (χ2v) is 9.93. The molecule has 6 nitrogen and oxygen atoms in total. The van der Waals surface area contributed by atoms with E-state index in [4.69, 9.17) is 0 Å². The number of hydrogen-bond acceptors (Lipinski definition) is 5. The summed E-state index contributed by atoms with van der Waals surface area (Å²) in [6, 6.07) is 7.49. The van der Waals surface area contributed by atoms with Crippen LogP contribution < -0.4 is 15.4 Å². The minimum atomic E-state index is -3.42. The van der Waals surface area contributed by atoms with Crippen LogP contribution in [0.5, 0.6) is 0 Å². The van der Waals surface area contributed by atoms with Crippen molar-refractivity contribution in [2.75, 3.05) is 26.7 Å².